The third kappa shape index (κ3) is 76.1. The predicted octanol–water partition coefficient (Wildman–Crippen LogP) is 24.7. The van der Waals surface area contributed by atoms with Crippen molar-refractivity contribution in [2.75, 3.05) is 39.6 Å². The van der Waals surface area contributed by atoms with Crippen molar-refractivity contribution in [3.05, 3.63) is 0 Å². The number of phosphoric ester groups is 2. The molecular weight excluding hydrogens is 1320 g/mol. The van der Waals surface area contributed by atoms with E-state index in [0.29, 0.717) is 25.7 Å². The van der Waals surface area contributed by atoms with Gasteiger partial charge in [-0.1, -0.05) is 382 Å². The molecule has 600 valence electrons. The second-order valence-corrected chi connectivity index (χ2v) is 33.4. The van der Waals surface area contributed by atoms with Gasteiger partial charge in [-0.3, -0.25) is 37.3 Å². The molecule has 0 radical (unpaired) electrons. The number of esters is 4. The molecule has 19 heteroatoms. The van der Waals surface area contributed by atoms with Gasteiger partial charge in [-0.15, -0.1) is 0 Å². The summed E-state index contributed by atoms with van der Waals surface area (Å²) in [6.07, 6.45) is 63.7. The van der Waals surface area contributed by atoms with Gasteiger partial charge in [-0.2, -0.15) is 0 Å². The second kappa shape index (κ2) is 73.6. The van der Waals surface area contributed by atoms with Crippen LogP contribution in [0.25, 0.3) is 0 Å². The maximum Gasteiger partial charge on any atom is 0.472 e. The molecule has 0 aromatic carbocycles. The number of unbranched alkanes of at least 4 members (excludes halogenated alkanes) is 51. The first kappa shape index (κ1) is 99.1. The molecule has 5 atom stereocenters. The maximum atomic E-state index is 13.1. The summed E-state index contributed by atoms with van der Waals surface area (Å²) in [5, 5.41) is 10.7. The first-order chi connectivity index (χ1) is 48.9. The van der Waals surface area contributed by atoms with Gasteiger partial charge < -0.3 is 33.8 Å². The van der Waals surface area contributed by atoms with Crippen LogP contribution in [0.2, 0.25) is 0 Å². The molecule has 2 unspecified atom stereocenters. The highest BCUT2D eigenvalue weighted by atomic mass is 31.2. The molecule has 0 bridgehead atoms. The van der Waals surface area contributed by atoms with Crippen molar-refractivity contribution in [1.82, 2.24) is 0 Å². The average molecular weight is 1480 g/mol. The van der Waals surface area contributed by atoms with Gasteiger partial charge in [0.1, 0.15) is 19.3 Å². The summed E-state index contributed by atoms with van der Waals surface area (Å²) in [6.45, 7) is 9.68. The van der Waals surface area contributed by atoms with Crippen LogP contribution in [0.4, 0.5) is 0 Å². The van der Waals surface area contributed by atoms with Gasteiger partial charge in [-0.25, -0.2) is 9.13 Å². The Morgan fingerprint density at radius 1 is 0.267 bits per heavy atom. The lowest BCUT2D eigenvalue weighted by molar-refractivity contribution is -0.161. The molecule has 0 saturated heterocycles. The van der Waals surface area contributed by atoms with E-state index >= 15 is 0 Å². The second-order valence-electron chi connectivity index (χ2n) is 30.5. The molecule has 0 heterocycles. The van der Waals surface area contributed by atoms with Gasteiger partial charge in [0.15, 0.2) is 12.2 Å². The number of aliphatic hydroxyl groups is 1. The molecule has 17 nitrogen and oxygen atoms in total. The van der Waals surface area contributed by atoms with Gasteiger partial charge in [0.05, 0.1) is 26.4 Å². The Morgan fingerprint density at radius 2 is 0.455 bits per heavy atom. The minimum atomic E-state index is -4.96. The van der Waals surface area contributed by atoms with E-state index in [9.17, 15) is 43.2 Å². The highest BCUT2D eigenvalue weighted by molar-refractivity contribution is 7.47. The summed E-state index contributed by atoms with van der Waals surface area (Å²) >= 11 is 0. The minimum absolute atomic E-state index is 0.107. The molecule has 101 heavy (non-hydrogen) atoms. The molecule has 0 amide bonds. The lowest BCUT2D eigenvalue weighted by Gasteiger charge is -2.21. The predicted molar refractivity (Wildman–Crippen MR) is 414 cm³/mol. The number of rotatable bonds is 81. The topological polar surface area (TPSA) is 237 Å². The third-order valence-corrected chi connectivity index (χ3v) is 21.1. The highest BCUT2D eigenvalue weighted by Crippen LogP contribution is 2.45. The van der Waals surface area contributed by atoms with Crippen molar-refractivity contribution in [2.45, 2.75) is 452 Å². The SMILES string of the molecule is CCCCCCCCCCCCCCCCCCCC(=O)OC[C@H](COP(=O)(O)OC[C@@H](O)COP(=O)(O)OC[C@@H](COC(=O)CCCCCCCCCCCCC)OC(=O)CCCCCCCCCCCCCCC(C)C)OC(=O)CCCCCCCCCCCCCCCCCC(C)C. The quantitative estimate of drug-likeness (QED) is 0.0222. The van der Waals surface area contributed by atoms with Gasteiger partial charge in [0, 0.05) is 25.7 Å². The average Bonchev–Trinajstić information content (AvgIpc) is 1.11. The van der Waals surface area contributed by atoms with E-state index in [4.69, 9.17) is 37.0 Å². The lowest BCUT2D eigenvalue weighted by atomic mass is 10.0. The first-order valence-electron chi connectivity index (χ1n) is 42.5. The monoisotopic (exact) mass is 1480 g/mol. The molecule has 0 aromatic heterocycles. The summed E-state index contributed by atoms with van der Waals surface area (Å²) in [5.41, 5.74) is 0. The molecular formula is C82H160O17P2. The Morgan fingerprint density at radius 3 is 0.673 bits per heavy atom. The van der Waals surface area contributed by atoms with Crippen LogP contribution >= 0.6 is 15.6 Å². The van der Waals surface area contributed by atoms with Crippen LogP contribution < -0.4 is 0 Å². The molecule has 0 aliphatic rings. The smallest absolute Gasteiger partial charge is 0.462 e. The third-order valence-electron chi connectivity index (χ3n) is 19.2. The van der Waals surface area contributed by atoms with Crippen LogP contribution in [-0.2, 0) is 65.4 Å². The summed E-state index contributed by atoms with van der Waals surface area (Å²) < 4.78 is 68.8. The van der Waals surface area contributed by atoms with Crippen LogP contribution in [0.15, 0.2) is 0 Å². The Kier molecular flexibility index (Phi) is 72.2. The van der Waals surface area contributed by atoms with E-state index in [1.807, 2.05) is 0 Å². The number of hydrogen-bond donors (Lipinski definition) is 3. The Balaban J connectivity index is 5.25. The zero-order chi connectivity index (χ0) is 74.2. The van der Waals surface area contributed by atoms with Crippen molar-refractivity contribution in [1.29, 1.82) is 0 Å². The number of carbonyl (C=O) groups excluding carboxylic acids is 4. The van der Waals surface area contributed by atoms with Gasteiger partial charge in [0.25, 0.3) is 0 Å². The Bertz CT molecular complexity index is 1940. The van der Waals surface area contributed by atoms with Gasteiger partial charge in [-0.05, 0) is 37.5 Å². The fraction of sp³-hybridized carbons (Fsp3) is 0.951. The lowest BCUT2D eigenvalue weighted by Crippen LogP contribution is -2.30. The van der Waals surface area contributed by atoms with Crippen molar-refractivity contribution in [2.24, 2.45) is 11.8 Å². The fourth-order valence-corrected chi connectivity index (χ4v) is 14.3. The molecule has 0 saturated carbocycles. The zero-order valence-electron chi connectivity index (χ0n) is 66.2. The van der Waals surface area contributed by atoms with E-state index in [1.165, 1.54) is 250 Å². The summed E-state index contributed by atoms with van der Waals surface area (Å²) in [6, 6.07) is 0. The minimum Gasteiger partial charge on any atom is -0.462 e. The number of phosphoric acid groups is 2. The molecule has 0 rings (SSSR count). The van der Waals surface area contributed by atoms with Crippen LogP contribution in [0.1, 0.15) is 433 Å². The largest absolute Gasteiger partial charge is 0.472 e. The number of aliphatic hydroxyl groups excluding tert-OH is 1. The van der Waals surface area contributed by atoms with E-state index in [2.05, 4.69) is 41.5 Å². The fourth-order valence-electron chi connectivity index (χ4n) is 12.7. The van der Waals surface area contributed by atoms with Crippen LogP contribution in [-0.4, -0.2) is 96.7 Å². The standard InChI is InChI=1S/C82H160O17P2/c1-7-9-11-13-15-17-19-20-21-22-25-28-35-41-47-53-59-65-80(85)93-71-78(98-81(86)66-60-54-48-42-36-29-26-23-24-27-33-38-44-50-56-62-74(3)4)73-97-101(90,91)95-69-76(83)68-94-100(88,89)96-72-77(70-92-79(84)64-58-52-46-40-32-18-16-14-12-10-8-2)99-82(87)67-61-55-49-43-37-31-30-34-39-45-51-57-63-75(5)6/h74-78,83H,7-73H2,1-6H3,(H,88,89)(H,90,91)/t76-,77+,78+/m0/s1. The molecule has 0 aliphatic carbocycles. The van der Waals surface area contributed by atoms with Gasteiger partial charge in [0.2, 0.25) is 0 Å². The molecule has 3 N–H and O–H groups in total. The van der Waals surface area contributed by atoms with E-state index in [1.54, 1.807) is 0 Å². The number of carbonyl (C=O) groups is 4. The molecule has 0 spiro atoms. The van der Waals surface area contributed by atoms with Crippen LogP contribution in [0.3, 0.4) is 0 Å². The summed E-state index contributed by atoms with van der Waals surface area (Å²) in [4.78, 5) is 73.1. The highest BCUT2D eigenvalue weighted by Gasteiger charge is 2.30. The van der Waals surface area contributed by atoms with E-state index in [0.717, 1.165) is 102 Å². The van der Waals surface area contributed by atoms with Gasteiger partial charge >= 0.3 is 39.5 Å². The molecule has 0 fully saturated rings. The van der Waals surface area contributed by atoms with Crippen LogP contribution in [0.5, 0.6) is 0 Å². The van der Waals surface area contributed by atoms with Crippen molar-refractivity contribution in [3.63, 3.8) is 0 Å². The summed E-state index contributed by atoms with van der Waals surface area (Å²) in [7, 11) is -9.92. The Hall–Kier alpha value is -1.94. The van der Waals surface area contributed by atoms with E-state index in [-0.39, 0.29) is 25.7 Å². The molecule has 0 aromatic rings. The zero-order valence-corrected chi connectivity index (χ0v) is 68.0. The number of hydrogen-bond acceptors (Lipinski definition) is 15. The van der Waals surface area contributed by atoms with Crippen LogP contribution in [0, 0.1) is 11.8 Å². The van der Waals surface area contributed by atoms with Crippen molar-refractivity contribution in [3.8, 4) is 0 Å². The maximum absolute atomic E-state index is 13.1. The van der Waals surface area contributed by atoms with Crippen molar-refractivity contribution >= 4 is 39.5 Å². The molecule has 0 aliphatic heterocycles. The Labute approximate surface area is 619 Å². The van der Waals surface area contributed by atoms with Crippen molar-refractivity contribution < 1.29 is 80.2 Å². The normalized spacial score (nSPS) is 13.9. The van der Waals surface area contributed by atoms with E-state index < -0.39 is 97.5 Å². The number of ether oxygens (including phenoxy) is 4. The summed E-state index contributed by atoms with van der Waals surface area (Å²) in [5.74, 6) is -0.526. The first-order valence-corrected chi connectivity index (χ1v) is 45.5.